The maximum absolute atomic E-state index is 13.0. The van der Waals surface area contributed by atoms with Gasteiger partial charge in [-0.15, -0.1) is 0 Å². The van der Waals surface area contributed by atoms with Crippen molar-refractivity contribution in [3.8, 4) is 0 Å². The van der Waals surface area contributed by atoms with Crippen molar-refractivity contribution in [2.24, 2.45) is 5.92 Å². The van der Waals surface area contributed by atoms with E-state index in [1.807, 2.05) is 74.5 Å². The average Bonchev–Trinajstić information content (AvgIpc) is 2.86. The van der Waals surface area contributed by atoms with Crippen LogP contribution in [-0.4, -0.2) is 60.0 Å². The van der Waals surface area contributed by atoms with E-state index >= 15 is 0 Å². The molecule has 0 aromatic heterocycles. The van der Waals surface area contributed by atoms with Gasteiger partial charge in [-0.3, -0.25) is 19.2 Å². The Hall–Kier alpha value is -3.72. The highest BCUT2D eigenvalue weighted by atomic mass is 16.3. The lowest BCUT2D eigenvalue weighted by Gasteiger charge is -2.28. The third-order valence-electron chi connectivity index (χ3n) is 5.97. The summed E-state index contributed by atoms with van der Waals surface area (Å²) in [6.45, 7) is 4.95. The normalized spacial score (nSPS) is 14.1. The Morgan fingerprint density at radius 2 is 1.32 bits per heavy atom. The van der Waals surface area contributed by atoms with E-state index in [2.05, 4.69) is 21.3 Å². The highest BCUT2D eigenvalue weighted by Crippen LogP contribution is 2.12. The van der Waals surface area contributed by atoms with Crippen LogP contribution in [0.2, 0.25) is 0 Å². The summed E-state index contributed by atoms with van der Waals surface area (Å²) in [6.07, 6.45) is -1.00. The van der Waals surface area contributed by atoms with Crippen LogP contribution in [0.5, 0.6) is 0 Å². The first-order valence-corrected chi connectivity index (χ1v) is 12.4. The van der Waals surface area contributed by atoms with Crippen molar-refractivity contribution in [2.45, 2.75) is 64.3 Å². The first-order valence-electron chi connectivity index (χ1n) is 12.4. The first kappa shape index (κ1) is 29.5. The predicted octanol–water partition coefficient (Wildman–Crippen LogP) is 1.10. The van der Waals surface area contributed by atoms with Gasteiger partial charge in [0.1, 0.15) is 12.1 Å². The van der Waals surface area contributed by atoms with Crippen LogP contribution < -0.4 is 21.3 Å². The summed E-state index contributed by atoms with van der Waals surface area (Å²) >= 11 is 0. The molecule has 9 nitrogen and oxygen atoms in total. The standard InChI is InChI=1S/C28H38N4O5/c1-18(2)26(30-19(3)33)28(37)32-22(15-20-11-7-5-8-12-20)24(34)17-25(35)31-23(27(36)29-4)16-21-13-9-6-10-14-21/h5-14,18,22-24,26,34H,15-17H2,1-4H3,(H,29,36)(H,30,33)(H,31,35)(H,32,37)/t22-,23-,24-,26-/m0/s1. The van der Waals surface area contributed by atoms with Crippen LogP contribution in [0, 0.1) is 5.92 Å². The van der Waals surface area contributed by atoms with Gasteiger partial charge in [-0.1, -0.05) is 74.5 Å². The summed E-state index contributed by atoms with van der Waals surface area (Å²) in [4.78, 5) is 49.9. The molecule has 9 heteroatoms. The molecule has 2 rings (SSSR count). The van der Waals surface area contributed by atoms with Gasteiger partial charge in [0.15, 0.2) is 0 Å². The van der Waals surface area contributed by atoms with Crippen LogP contribution in [0.3, 0.4) is 0 Å². The van der Waals surface area contributed by atoms with Crippen molar-refractivity contribution in [2.75, 3.05) is 7.05 Å². The molecule has 4 atom stereocenters. The molecule has 0 saturated carbocycles. The summed E-state index contributed by atoms with van der Waals surface area (Å²) in [5.74, 6) is -1.85. The minimum Gasteiger partial charge on any atom is -0.390 e. The number of nitrogens with one attached hydrogen (secondary N) is 4. The number of hydrogen-bond donors (Lipinski definition) is 5. The fraction of sp³-hybridized carbons (Fsp3) is 0.429. The van der Waals surface area contributed by atoms with Gasteiger partial charge in [0.2, 0.25) is 23.6 Å². The molecule has 0 spiro atoms. The second kappa shape index (κ2) is 14.7. The maximum atomic E-state index is 13.0. The molecule has 0 aliphatic heterocycles. The molecule has 0 radical (unpaired) electrons. The Morgan fingerprint density at radius 3 is 1.81 bits per heavy atom. The van der Waals surface area contributed by atoms with Crippen LogP contribution in [-0.2, 0) is 32.0 Å². The Balaban J connectivity index is 2.15. The van der Waals surface area contributed by atoms with Gasteiger partial charge in [0, 0.05) is 20.4 Å². The van der Waals surface area contributed by atoms with E-state index in [4.69, 9.17) is 0 Å². The van der Waals surface area contributed by atoms with Gasteiger partial charge in [-0.25, -0.2) is 0 Å². The second-order valence-corrected chi connectivity index (χ2v) is 9.42. The molecule has 37 heavy (non-hydrogen) atoms. The largest absolute Gasteiger partial charge is 0.390 e. The SMILES string of the molecule is CNC(=O)[C@H](Cc1ccccc1)NC(=O)C[C@H](O)[C@H](Cc1ccccc1)NC(=O)[C@@H](NC(C)=O)C(C)C. The molecular formula is C28H38N4O5. The first-order chi connectivity index (χ1) is 17.6. The molecule has 0 aliphatic rings. The van der Waals surface area contributed by atoms with Gasteiger partial charge in [-0.05, 0) is 23.5 Å². The van der Waals surface area contributed by atoms with Crippen molar-refractivity contribution in [1.82, 2.24) is 21.3 Å². The third kappa shape index (κ3) is 10.0. The topological polar surface area (TPSA) is 137 Å². The Bertz CT molecular complexity index is 1030. The van der Waals surface area contributed by atoms with E-state index in [0.29, 0.717) is 6.42 Å². The van der Waals surface area contributed by atoms with Gasteiger partial charge in [-0.2, -0.15) is 0 Å². The number of hydrogen-bond acceptors (Lipinski definition) is 5. The quantitative estimate of drug-likeness (QED) is 0.275. The molecule has 200 valence electrons. The molecule has 5 N–H and O–H groups in total. The number of aliphatic hydroxyl groups excluding tert-OH is 1. The molecule has 0 heterocycles. The summed E-state index contributed by atoms with van der Waals surface area (Å²) in [5, 5.41) is 21.8. The number of amides is 4. The van der Waals surface area contributed by atoms with Crippen LogP contribution in [0.25, 0.3) is 0 Å². The van der Waals surface area contributed by atoms with E-state index < -0.39 is 36.0 Å². The molecule has 2 aromatic rings. The van der Waals surface area contributed by atoms with Crippen molar-refractivity contribution in [1.29, 1.82) is 0 Å². The summed E-state index contributed by atoms with van der Waals surface area (Å²) < 4.78 is 0. The number of likely N-dealkylation sites (N-methyl/N-ethyl adjacent to an activating group) is 1. The van der Waals surface area contributed by atoms with Crippen molar-refractivity contribution >= 4 is 23.6 Å². The monoisotopic (exact) mass is 510 g/mol. The minimum atomic E-state index is -1.24. The van der Waals surface area contributed by atoms with Crippen molar-refractivity contribution in [3.05, 3.63) is 71.8 Å². The molecule has 2 aromatic carbocycles. The van der Waals surface area contributed by atoms with Gasteiger partial charge >= 0.3 is 0 Å². The number of rotatable bonds is 13. The number of carbonyl (C=O) groups excluding carboxylic acids is 4. The lowest BCUT2D eigenvalue weighted by molar-refractivity contribution is -0.131. The number of benzene rings is 2. The zero-order valence-electron chi connectivity index (χ0n) is 21.9. The summed E-state index contributed by atoms with van der Waals surface area (Å²) in [7, 11) is 1.49. The van der Waals surface area contributed by atoms with Gasteiger partial charge < -0.3 is 26.4 Å². The molecule has 0 unspecified atom stereocenters. The lowest BCUT2D eigenvalue weighted by Crippen LogP contribution is -2.55. The van der Waals surface area contributed by atoms with Gasteiger partial charge in [0.25, 0.3) is 0 Å². The van der Waals surface area contributed by atoms with Crippen LogP contribution in [0.15, 0.2) is 60.7 Å². The molecule has 0 saturated heterocycles. The van der Waals surface area contributed by atoms with E-state index in [1.54, 1.807) is 0 Å². The highest BCUT2D eigenvalue weighted by Gasteiger charge is 2.30. The minimum absolute atomic E-state index is 0.187. The van der Waals surface area contributed by atoms with E-state index in [1.165, 1.54) is 14.0 Å². The Morgan fingerprint density at radius 1 is 0.784 bits per heavy atom. The molecule has 0 fully saturated rings. The number of carbonyl (C=O) groups is 4. The highest BCUT2D eigenvalue weighted by molar-refractivity contribution is 5.88. The third-order valence-corrected chi connectivity index (χ3v) is 5.97. The van der Waals surface area contributed by atoms with E-state index in [9.17, 15) is 24.3 Å². The van der Waals surface area contributed by atoms with E-state index in [-0.39, 0.29) is 30.6 Å². The Labute approximate surface area is 218 Å². The fourth-order valence-corrected chi connectivity index (χ4v) is 4.00. The van der Waals surface area contributed by atoms with Crippen molar-refractivity contribution < 1.29 is 24.3 Å². The summed E-state index contributed by atoms with van der Waals surface area (Å²) in [6, 6.07) is 16.2. The van der Waals surface area contributed by atoms with E-state index in [0.717, 1.165) is 11.1 Å². The Kier molecular flexibility index (Phi) is 11.8. The van der Waals surface area contributed by atoms with Crippen LogP contribution >= 0.6 is 0 Å². The smallest absolute Gasteiger partial charge is 0.243 e. The second-order valence-electron chi connectivity index (χ2n) is 9.42. The molecule has 0 bridgehead atoms. The summed E-state index contributed by atoms with van der Waals surface area (Å²) in [5.41, 5.74) is 1.74. The number of aliphatic hydroxyl groups is 1. The molecule has 0 aliphatic carbocycles. The average molecular weight is 511 g/mol. The van der Waals surface area contributed by atoms with Crippen LogP contribution in [0.4, 0.5) is 0 Å². The fourth-order valence-electron chi connectivity index (χ4n) is 4.00. The molecule has 4 amide bonds. The van der Waals surface area contributed by atoms with Crippen molar-refractivity contribution in [3.63, 3.8) is 0 Å². The zero-order valence-corrected chi connectivity index (χ0v) is 21.9. The van der Waals surface area contributed by atoms with Gasteiger partial charge in [0.05, 0.1) is 18.6 Å². The predicted molar refractivity (Wildman–Crippen MR) is 141 cm³/mol. The maximum Gasteiger partial charge on any atom is 0.243 e. The zero-order chi connectivity index (χ0) is 27.4. The van der Waals surface area contributed by atoms with Crippen LogP contribution in [0.1, 0.15) is 38.3 Å². The lowest BCUT2D eigenvalue weighted by atomic mass is 9.96. The molecular weight excluding hydrogens is 472 g/mol.